The molecule has 0 radical (unpaired) electrons. The van der Waals surface area contributed by atoms with Gasteiger partial charge in [0.25, 0.3) is 0 Å². The van der Waals surface area contributed by atoms with Crippen molar-refractivity contribution < 1.29 is 3.80 Å². The molecule has 4 heteroatoms. The van der Waals surface area contributed by atoms with E-state index in [9.17, 15) is 0 Å². The third-order valence-corrected chi connectivity index (χ3v) is 0. The summed E-state index contributed by atoms with van der Waals surface area (Å²) in [5, 5.41) is 0. The molecule has 0 aromatic carbocycles. The minimum atomic E-state index is -1.03. The normalized spacial score (nSPS) is 2.25. The van der Waals surface area contributed by atoms with Gasteiger partial charge in [-0.3, -0.25) is 0 Å². The van der Waals surface area contributed by atoms with Crippen molar-refractivity contribution >= 4 is 62.0 Å². The van der Waals surface area contributed by atoms with Crippen LogP contribution >= 0.6 is 10.0 Å². The van der Waals surface area contributed by atoms with Gasteiger partial charge < -0.3 is 0 Å². The molecule has 0 heterocycles. The summed E-state index contributed by atoms with van der Waals surface area (Å²) in [6.45, 7) is 0. The second kappa shape index (κ2) is 8.86. The molecule has 0 fully saturated rings. The fourth-order valence-corrected chi connectivity index (χ4v) is 0. The monoisotopic (exact) mass is 120 g/mol. The Labute approximate surface area is 64.8 Å². The molecular weight excluding hydrogens is 119 g/mol. The predicted octanol–water partition coefficient (Wildman–Crippen LogP) is -0.726. The van der Waals surface area contributed by atoms with Gasteiger partial charge in [-0.05, 0) is 0 Å². The van der Waals surface area contributed by atoms with E-state index in [1.807, 2.05) is 0 Å². The first-order chi connectivity index (χ1) is 1.41. The van der Waals surface area contributed by atoms with Gasteiger partial charge in [-0.2, -0.15) is 0 Å². The first-order valence-corrected chi connectivity index (χ1v) is 2.67. The molecule has 0 spiro atoms. The molecule has 1 nitrogen and oxygen atoms in total. The second-order valence-corrected chi connectivity index (χ2v) is 0.802. The molecule has 0 atom stereocenters. The quantitative estimate of drug-likeness (QED) is 0.386. The van der Waals surface area contributed by atoms with Gasteiger partial charge in [0.1, 0.15) is 0 Å². The molecule has 0 saturated heterocycles. The van der Waals surface area contributed by atoms with Crippen LogP contribution in [0.5, 0.6) is 0 Å². The van der Waals surface area contributed by atoms with Crippen LogP contribution in [0, 0.1) is 0 Å². The molecule has 0 rings (SSSR count). The molecule has 20 valence electrons. The van der Waals surface area contributed by atoms with Crippen LogP contribution < -0.4 is 0 Å². The first-order valence-electron chi connectivity index (χ1n) is 0.454. The van der Waals surface area contributed by atoms with Crippen molar-refractivity contribution in [2.24, 2.45) is 0 Å². The van der Waals surface area contributed by atoms with Crippen LogP contribution in [0.4, 0.5) is 0 Å². The third-order valence-electron chi connectivity index (χ3n) is 0. The Bertz CT molecular complexity index is 15.5. The van der Waals surface area contributed by atoms with Crippen molar-refractivity contribution in [1.29, 1.82) is 0 Å². The molecular formula is H2AlCaClO. The van der Waals surface area contributed by atoms with E-state index < -0.39 is 14.2 Å². The number of rotatable bonds is 0. The fraction of sp³-hybridized carbons (Fsp3) is 0. The second-order valence-electron chi connectivity index (χ2n) is 0.0891. The van der Waals surface area contributed by atoms with Crippen LogP contribution in [0.2, 0.25) is 0 Å². The van der Waals surface area contributed by atoms with Crippen molar-refractivity contribution in [3.8, 4) is 0 Å². The number of hydrogen-bond acceptors (Lipinski definition) is 1. The summed E-state index contributed by atoms with van der Waals surface area (Å²) < 4.78 is 8.78. The van der Waals surface area contributed by atoms with E-state index in [0.717, 1.165) is 0 Å². The van der Waals surface area contributed by atoms with Crippen LogP contribution in [0.25, 0.3) is 0 Å². The summed E-state index contributed by atoms with van der Waals surface area (Å²) in [5.74, 6) is 0. The molecule has 4 heavy (non-hydrogen) atoms. The molecule has 0 aromatic heterocycles. The van der Waals surface area contributed by atoms with Crippen molar-refractivity contribution in [3.05, 3.63) is 0 Å². The van der Waals surface area contributed by atoms with E-state index in [1.54, 1.807) is 0 Å². The summed E-state index contributed by atoms with van der Waals surface area (Å²) in [7, 11) is 4.53. The van der Waals surface area contributed by atoms with E-state index in [4.69, 9.17) is 3.80 Å². The molecule has 0 saturated carbocycles. The Kier molecular flexibility index (Phi) is 20.6. The fourth-order valence-electron chi connectivity index (χ4n) is 0. The zero-order valence-electron chi connectivity index (χ0n) is 1.36. The van der Waals surface area contributed by atoms with Crippen LogP contribution in [-0.2, 0) is 3.80 Å². The summed E-state index contributed by atoms with van der Waals surface area (Å²) in [6.07, 6.45) is 0. The van der Waals surface area contributed by atoms with Gasteiger partial charge in [0.05, 0.1) is 0 Å². The van der Waals surface area contributed by atoms with Gasteiger partial charge in [-0.1, -0.05) is 0 Å². The number of halogens is 1. The van der Waals surface area contributed by atoms with Crippen molar-refractivity contribution in [3.63, 3.8) is 0 Å². The molecule has 0 aromatic rings. The Morgan fingerprint density at radius 1 is 1.75 bits per heavy atom. The van der Waals surface area contributed by atoms with Gasteiger partial charge in [-0.15, -0.1) is 0 Å². The van der Waals surface area contributed by atoms with Crippen molar-refractivity contribution in [1.82, 2.24) is 0 Å². The Morgan fingerprint density at radius 3 is 1.75 bits per heavy atom. The van der Waals surface area contributed by atoms with E-state index in [1.165, 1.54) is 0 Å². The first kappa shape index (κ1) is 9.30. The van der Waals surface area contributed by atoms with Gasteiger partial charge in [0.2, 0.25) is 0 Å². The Balaban J connectivity index is 0. The molecule has 0 N–H and O–H groups in total. The summed E-state index contributed by atoms with van der Waals surface area (Å²) in [5.41, 5.74) is 0. The Hall–Kier alpha value is 1.88. The molecule has 0 aliphatic rings. The van der Waals surface area contributed by atoms with Crippen molar-refractivity contribution in [2.45, 2.75) is 0 Å². The average molecular weight is 121 g/mol. The molecule has 0 bridgehead atoms. The predicted molar refractivity (Wildman–Crippen MR) is 20.8 cm³/mol. The topological polar surface area (TPSA) is 17.1 Å². The maximum atomic E-state index is 8.78. The minimum absolute atomic E-state index is 0. The standard InChI is InChI=1S/Al.Ca.ClH.O.2H/h;;1H;;;/q+1;;;;;/p-1. The molecule has 0 aliphatic carbocycles. The van der Waals surface area contributed by atoms with Crippen LogP contribution in [-0.4, -0.2) is 52.0 Å². The SMILES string of the molecule is [CaH2].[O]=[Al][Cl]. The molecule has 0 amide bonds. The summed E-state index contributed by atoms with van der Waals surface area (Å²) >= 11 is -1.03. The van der Waals surface area contributed by atoms with Crippen LogP contribution in [0.3, 0.4) is 0 Å². The number of hydrogen-bond donors (Lipinski definition) is 0. The van der Waals surface area contributed by atoms with E-state index >= 15 is 0 Å². The third kappa shape index (κ3) is 9.10. The van der Waals surface area contributed by atoms with Gasteiger partial charge >= 0.3 is 65.8 Å². The summed E-state index contributed by atoms with van der Waals surface area (Å²) in [6, 6.07) is 0. The van der Waals surface area contributed by atoms with Gasteiger partial charge in [0.15, 0.2) is 0 Å². The van der Waals surface area contributed by atoms with Crippen LogP contribution in [0.15, 0.2) is 0 Å². The van der Waals surface area contributed by atoms with E-state index in [-0.39, 0.29) is 37.7 Å². The van der Waals surface area contributed by atoms with Crippen LogP contribution in [0.1, 0.15) is 0 Å². The van der Waals surface area contributed by atoms with Crippen molar-refractivity contribution in [2.75, 3.05) is 0 Å². The maximum absolute atomic E-state index is 8.78. The van der Waals surface area contributed by atoms with Gasteiger partial charge in [0, 0.05) is 0 Å². The Morgan fingerprint density at radius 2 is 1.75 bits per heavy atom. The van der Waals surface area contributed by atoms with Gasteiger partial charge in [-0.25, -0.2) is 0 Å². The van der Waals surface area contributed by atoms with E-state index in [0.29, 0.717) is 0 Å². The molecule has 0 unspecified atom stereocenters. The zero-order valence-corrected chi connectivity index (χ0v) is 3.27. The van der Waals surface area contributed by atoms with E-state index in [2.05, 4.69) is 10.0 Å². The summed E-state index contributed by atoms with van der Waals surface area (Å²) in [4.78, 5) is 0. The molecule has 0 aliphatic heterocycles. The zero-order chi connectivity index (χ0) is 2.71. The average Bonchev–Trinajstić information content (AvgIpc) is 0.918.